The first-order chi connectivity index (χ1) is 10.2. The lowest BCUT2D eigenvalue weighted by molar-refractivity contribution is 0.144. The lowest BCUT2D eigenvalue weighted by atomic mass is 9.81. The number of nitrogens with one attached hydrogen (secondary N) is 1. The Morgan fingerprint density at radius 1 is 1.38 bits per heavy atom. The fourth-order valence-electron chi connectivity index (χ4n) is 2.74. The van der Waals surface area contributed by atoms with Gasteiger partial charge in [0.15, 0.2) is 0 Å². The summed E-state index contributed by atoms with van der Waals surface area (Å²) in [6, 6.07) is 6.14. The summed E-state index contributed by atoms with van der Waals surface area (Å²) in [5.74, 6) is 0.898. The van der Waals surface area contributed by atoms with E-state index < -0.39 is 0 Å². The Morgan fingerprint density at radius 3 is 2.90 bits per heavy atom. The fourth-order valence-corrected chi connectivity index (χ4v) is 3.12. The molecule has 1 fully saturated rings. The molecule has 21 heavy (non-hydrogen) atoms. The predicted molar refractivity (Wildman–Crippen MR) is 87.0 cm³/mol. The van der Waals surface area contributed by atoms with Crippen molar-refractivity contribution in [2.24, 2.45) is 5.41 Å². The minimum absolute atomic E-state index is 0.155. The highest BCUT2D eigenvalue weighted by atomic mass is 79.9. The highest BCUT2D eigenvalue weighted by Crippen LogP contribution is 2.35. The molecule has 5 heteroatoms. The van der Waals surface area contributed by atoms with E-state index in [1.165, 1.54) is 5.56 Å². The average molecular weight is 358 g/mol. The SMILES string of the molecule is COCCNCC1(Cc2cc(OC)ccc2Br)CCOC1. The molecular weight excluding hydrogens is 334 g/mol. The van der Waals surface area contributed by atoms with E-state index in [9.17, 15) is 0 Å². The Kier molecular flexibility index (Phi) is 6.48. The van der Waals surface area contributed by atoms with Gasteiger partial charge < -0.3 is 19.5 Å². The summed E-state index contributed by atoms with van der Waals surface area (Å²) in [4.78, 5) is 0. The topological polar surface area (TPSA) is 39.7 Å². The van der Waals surface area contributed by atoms with Crippen molar-refractivity contribution >= 4 is 15.9 Å². The summed E-state index contributed by atoms with van der Waals surface area (Å²) < 4.78 is 17.2. The maximum absolute atomic E-state index is 5.67. The van der Waals surface area contributed by atoms with E-state index in [2.05, 4.69) is 33.4 Å². The second-order valence-corrected chi connectivity index (χ2v) is 6.46. The van der Waals surface area contributed by atoms with Crippen LogP contribution in [0, 0.1) is 5.41 Å². The maximum Gasteiger partial charge on any atom is 0.119 e. The van der Waals surface area contributed by atoms with Gasteiger partial charge in [-0.3, -0.25) is 0 Å². The lowest BCUT2D eigenvalue weighted by Gasteiger charge is -2.28. The Bertz CT molecular complexity index is 447. The van der Waals surface area contributed by atoms with Crippen LogP contribution in [0.1, 0.15) is 12.0 Å². The van der Waals surface area contributed by atoms with Gasteiger partial charge in [0.05, 0.1) is 20.3 Å². The van der Waals surface area contributed by atoms with Gasteiger partial charge in [-0.05, 0) is 36.6 Å². The summed E-state index contributed by atoms with van der Waals surface area (Å²) in [6.45, 7) is 4.20. The molecule has 1 aromatic carbocycles. The van der Waals surface area contributed by atoms with Crippen LogP contribution in [0.25, 0.3) is 0 Å². The van der Waals surface area contributed by atoms with Crippen molar-refractivity contribution < 1.29 is 14.2 Å². The van der Waals surface area contributed by atoms with E-state index >= 15 is 0 Å². The Morgan fingerprint density at radius 2 is 2.24 bits per heavy atom. The first kappa shape index (κ1) is 16.7. The first-order valence-electron chi connectivity index (χ1n) is 7.29. The molecule has 2 rings (SSSR count). The van der Waals surface area contributed by atoms with E-state index in [0.717, 1.165) is 56.0 Å². The van der Waals surface area contributed by atoms with Gasteiger partial charge in [0.1, 0.15) is 5.75 Å². The molecule has 1 aromatic rings. The van der Waals surface area contributed by atoms with Gasteiger partial charge >= 0.3 is 0 Å². The minimum atomic E-state index is 0.155. The van der Waals surface area contributed by atoms with E-state index in [-0.39, 0.29) is 5.41 Å². The maximum atomic E-state index is 5.67. The molecule has 118 valence electrons. The van der Waals surface area contributed by atoms with Crippen LogP contribution >= 0.6 is 15.9 Å². The van der Waals surface area contributed by atoms with Gasteiger partial charge in [-0.25, -0.2) is 0 Å². The molecule has 0 saturated carbocycles. The zero-order valence-electron chi connectivity index (χ0n) is 12.8. The number of hydrogen-bond acceptors (Lipinski definition) is 4. The normalized spacial score (nSPS) is 21.7. The van der Waals surface area contributed by atoms with Gasteiger partial charge in [-0.1, -0.05) is 15.9 Å². The van der Waals surface area contributed by atoms with Crippen LogP contribution in [0.5, 0.6) is 5.75 Å². The molecule has 1 heterocycles. The van der Waals surface area contributed by atoms with Crippen LogP contribution < -0.4 is 10.1 Å². The summed E-state index contributed by atoms with van der Waals surface area (Å²) in [5, 5.41) is 3.49. The molecule has 0 bridgehead atoms. The zero-order chi connectivity index (χ0) is 15.1. The highest BCUT2D eigenvalue weighted by molar-refractivity contribution is 9.10. The van der Waals surface area contributed by atoms with Crippen molar-refractivity contribution in [1.82, 2.24) is 5.32 Å². The molecule has 1 saturated heterocycles. The van der Waals surface area contributed by atoms with Crippen molar-refractivity contribution in [1.29, 1.82) is 0 Å². The average Bonchev–Trinajstić information content (AvgIpc) is 2.95. The fraction of sp³-hybridized carbons (Fsp3) is 0.625. The number of halogens is 1. The molecule has 0 aromatic heterocycles. The summed E-state index contributed by atoms with van der Waals surface area (Å²) in [6.07, 6.45) is 2.06. The smallest absolute Gasteiger partial charge is 0.119 e. The van der Waals surface area contributed by atoms with Gasteiger partial charge in [0.25, 0.3) is 0 Å². The standard InChI is InChI=1S/C16H24BrNO3/c1-19-8-6-18-11-16(5-7-21-12-16)10-13-9-14(20-2)3-4-15(13)17/h3-4,9,18H,5-8,10-12H2,1-2H3. The van der Waals surface area contributed by atoms with Crippen molar-refractivity contribution in [3.63, 3.8) is 0 Å². The second-order valence-electron chi connectivity index (χ2n) is 5.61. The third-order valence-corrected chi connectivity index (χ3v) is 4.76. The van der Waals surface area contributed by atoms with Crippen LogP contribution in [0.2, 0.25) is 0 Å². The molecule has 1 N–H and O–H groups in total. The number of ether oxygens (including phenoxy) is 3. The van der Waals surface area contributed by atoms with Crippen molar-refractivity contribution in [2.75, 3.05) is 47.1 Å². The third kappa shape index (κ3) is 4.68. The molecule has 0 spiro atoms. The Hall–Kier alpha value is -0.620. The first-order valence-corrected chi connectivity index (χ1v) is 8.08. The number of methoxy groups -OCH3 is 2. The predicted octanol–water partition coefficient (Wildman–Crippen LogP) is 2.64. The number of rotatable bonds is 8. The van der Waals surface area contributed by atoms with Gasteiger partial charge in [-0.15, -0.1) is 0 Å². The molecular formula is C16H24BrNO3. The Balaban J connectivity index is 2.05. The van der Waals surface area contributed by atoms with Crippen molar-refractivity contribution in [3.05, 3.63) is 28.2 Å². The minimum Gasteiger partial charge on any atom is -0.497 e. The zero-order valence-corrected chi connectivity index (χ0v) is 14.4. The molecule has 1 atom stereocenters. The van der Waals surface area contributed by atoms with Gasteiger partial charge in [-0.2, -0.15) is 0 Å². The monoisotopic (exact) mass is 357 g/mol. The van der Waals surface area contributed by atoms with Crippen LogP contribution in [-0.2, 0) is 15.9 Å². The third-order valence-electron chi connectivity index (χ3n) is 3.99. The Labute approximate surface area is 135 Å². The number of benzene rings is 1. The van der Waals surface area contributed by atoms with Crippen molar-refractivity contribution in [3.8, 4) is 5.75 Å². The molecule has 0 amide bonds. The largest absolute Gasteiger partial charge is 0.497 e. The van der Waals surface area contributed by atoms with Crippen molar-refractivity contribution in [2.45, 2.75) is 12.8 Å². The lowest BCUT2D eigenvalue weighted by Crippen LogP contribution is -2.38. The summed E-state index contributed by atoms with van der Waals surface area (Å²) >= 11 is 3.65. The van der Waals surface area contributed by atoms with Gasteiger partial charge in [0.2, 0.25) is 0 Å². The van der Waals surface area contributed by atoms with Crippen LogP contribution in [0.4, 0.5) is 0 Å². The van der Waals surface area contributed by atoms with E-state index in [1.54, 1.807) is 14.2 Å². The van der Waals surface area contributed by atoms with Gasteiger partial charge in [0, 0.05) is 36.7 Å². The molecule has 1 aliphatic rings. The van der Waals surface area contributed by atoms with Crippen LogP contribution in [0.15, 0.2) is 22.7 Å². The molecule has 1 aliphatic heterocycles. The highest BCUT2D eigenvalue weighted by Gasteiger charge is 2.35. The van der Waals surface area contributed by atoms with E-state index in [1.807, 2.05) is 6.07 Å². The van der Waals surface area contributed by atoms with Crippen LogP contribution in [0.3, 0.4) is 0 Å². The molecule has 4 nitrogen and oxygen atoms in total. The molecule has 0 radical (unpaired) electrons. The van der Waals surface area contributed by atoms with E-state index in [4.69, 9.17) is 14.2 Å². The second kappa shape index (κ2) is 8.13. The number of hydrogen-bond donors (Lipinski definition) is 1. The van der Waals surface area contributed by atoms with E-state index in [0.29, 0.717) is 0 Å². The molecule has 0 aliphatic carbocycles. The quantitative estimate of drug-likeness (QED) is 0.726. The summed E-state index contributed by atoms with van der Waals surface area (Å²) in [7, 11) is 3.43. The molecule has 1 unspecified atom stereocenters. The summed E-state index contributed by atoms with van der Waals surface area (Å²) in [5.41, 5.74) is 1.43. The van der Waals surface area contributed by atoms with Crippen LogP contribution in [-0.4, -0.2) is 47.1 Å².